The summed E-state index contributed by atoms with van der Waals surface area (Å²) in [5.41, 5.74) is 2.39. The highest BCUT2D eigenvalue weighted by molar-refractivity contribution is 5.95. The molecule has 5 nitrogen and oxygen atoms in total. The monoisotopic (exact) mass is 322 g/mol. The van der Waals surface area contributed by atoms with Gasteiger partial charge in [0.15, 0.2) is 11.5 Å². The molecular formula is C19H18N2O3. The Balaban J connectivity index is 2.01. The molecule has 1 aliphatic heterocycles. The number of nitrogens with zero attached hydrogens (tertiary/aromatic N) is 2. The first kappa shape index (κ1) is 15.9. The Labute approximate surface area is 141 Å². The molecule has 0 unspecified atom stereocenters. The number of fused-ring (bicyclic) bond motifs is 1. The van der Waals surface area contributed by atoms with Crippen molar-refractivity contribution < 1.29 is 14.3 Å². The van der Waals surface area contributed by atoms with Crippen LogP contribution < -0.4 is 9.47 Å². The van der Waals surface area contributed by atoms with E-state index in [4.69, 9.17) is 9.47 Å². The zero-order chi connectivity index (χ0) is 17.1. The third-order valence-electron chi connectivity index (χ3n) is 4.28. The summed E-state index contributed by atoms with van der Waals surface area (Å²) in [5.74, 6) is 1.06. The van der Waals surface area contributed by atoms with Crippen molar-refractivity contribution in [2.24, 2.45) is 0 Å². The van der Waals surface area contributed by atoms with Crippen molar-refractivity contribution in [2.45, 2.75) is 12.5 Å². The summed E-state index contributed by atoms with van der Waals surface area (Å²) < 4.78 is 10.7. The van der Waals surface area contributed by atoms with E-state index >= 15 is 0 Å². The molecule has 2 aromatic carbocycles. The highest BCUT2D eigenvalue weighted by Gasteiger charge is 2.32. The number of rotatable bonds is 3. The van der Waals surface area contributed by atoms with Crippen LogP contribution in [0.25, 0.3) is 0 Å². The molecule has 0 aliphatic carbocycles. The molecule has 0 spiro atoms. The van der Waals surface area contributed by atoms with Crippen molar-refractivity contribution in [3.8, 4) is 17.6 Å². The second-order valence-electron chi connectivity index (χ2n) is 5.55. The molecule has 0 radical (unpaired) electrons. The Morgan fingerprint density at radius 2 is 1.83 bits per heavy atom. The zero-order valence-corrected chi connectivity index (χ0v) is 13.7. The van der Waals surface area contributed by atoms with E-state index < -0.39 is 6.04 Å². The summed E-state index contributed by atoms with van der Waals surface area (Å²) in [6.45, 7) is 0.494. The first-order chi connectivity index (χ1) is 11.7. The largest absolute Gasteiger partial charge is 0.493 e. The van der Waals surface area contributed by atoms with Gasteiger partial charge in [-0.25, -0.2) is 0 Å². The summed E-state index contributed by atoms with van der Waals surface area (Å²) in [7, 11) is 3.14. The van der Waals surface area contributed by atoms with E-state index in [9.17, 15) is 10.1 Å². The third kappa shape index (κ3) is 2.67. The maximum Gasteiger partial charge on any atom is 0.255 e. The Hall–Kier alpha value is -3.00. The van der Waals surface area contributed by atoms with Crippen molar-refractivity contribution in [1.29, 1.82) is 5.26 Å². The van der Waals surface area contributed by atoms with Crippen molar-refractivity contribution in [3.63, 3.8) is 0 Å². The molecule has 2 aromatic rings. The van der Waals surface area contributed by atoms with Gasteiger partial charge in [0, 0.05) is 12.1 Å². The predicted octanol–water partition coefficient (Wildman–Crippen LogP) is 2.97. The molecule has 0 fully saturated rings. The van der Waals surface area contributed by atoms with Crippen LogP contribution in [-0.4, -0.2) is 31.6 Å². The fourth-order valence-corrected chi connectivity index (χ4v) is 3.05. The number of carbonyl (C=O) groups is 1. The van der Waals surface area contributed by atoms with Gasteiger partial charge < -0.3 is 14.4 Å². The number of hydrogen-bond acceptors (Lipinski definition) is 4. The molecule has 0 aromatic heterocycles. The van der Waals surface area contributed by atoms with Gasteiger partial charge in [-0.2, -0.15) is 5.26 Å². The van der Waals surface area contributed by atoms with Crippen LogP contribution in [0, 0.1) is 11.3 Å². The minimum Gasteiger partial charge on any atom is -0.493 e. The Morgan fingerprint density at radius 1 is 1.17 bits per heavy atom. The molecule has 24 heavy (non-hydrogen) atoms. The van der Waals surface area contributed by atoms with Gasteiger partial charge in [-0.05, 0) is 41.8 Å². The Kier molecular flexibility index (Phi) is 4.39. The molecule has 0 N–H and O–H groups in total. The van der Waals surface area contributed by atoms with Gasteiger partial charge in [-0.1, -0.05) is 18.2 Å². The molecule has 122 valence electrons. The normalized spacial score (nSPS) is 16.0. The molecule has 1 amide bonds. The number of amides is 1. The van der Waals surface area contributed by atoms with Crippen molar-refractivity contribution >= 4 is 5.91 Å². The quantitative estimate of drug-likeness (QED) is 0.871. The minimum atomic E-state index is -0.638. The lowest BCUT2D eigenvalue weighted by Crippen LogP contribution is -2.39. The highest BCUT2D eigenvalue weighted by atomic mass is 16.5. The van der Waals surface area contributed by atoms with Crippen LogP contribution in [0.15, 0.2) is 42.5 Å². The summed E-state index contributed by atoms with van der Waals surface area (Å²) in [5, 5.41) is 9.68. The average Bonchev–Trinajstić information content (AvgIpc) is 2.65. The van der Waals surface area contributed by atoms with E-state index in [1.54, 1.807) is 37.3 Å². The van der Waals surface area contributed by atoms with Gasteiger partial charge >= 0.3 is 0 Å². The molecule has 1 aliphatic rings. The number of hydrogen-bond donors (Lipinski definition) is 0. The van der Waals surface area contributed by atoms with Crippen molar-refractivity contribution in [1.82, 2.24) is 4.90 Å². The lowest BCUT2D eigenvalue weighted by molar-refractivity contribution is 0.0705. The second kappa shape index (κ2) is 6.63. The van der Waals surface area contributed by atoms with Gasteiger partial charge in [-0.3, -0.25) is 4.79 Å². The molecular weight excluding hydrogens is 304 g/mol. The summed E-state index contributed by atoms with van der Waals surface area (Å²) in [4.78, 5) is 14.4. The number of methoxy groups -OCH3 is 2. The predicted molar refractivity (Wildman–Crippen MR) is 89.1 cm³/mol. The van der Waals surface area contributed by atoms with Gasteiger partial charge in [0.2, 0.25) is 0 Å². The molecule has 0 saturated heterocycles. The zero-order valence-electron chi connectivity index (χ0n) is 13.7. The smallest absolute Gasteiger partial charge is 0.255 e. The van der Waals surface area contributed by atoms with Crippen LogP contribution in [0.3, 0.4) is 0 Å². The maximum absolute atomic E-state index is 12.8. The molecule has 0 bridgehead atoms. The third-order valence-corrected chi connectivity index (χ3v) is 4.28. The van der Waals surface area contributed by atoms with Crippen LogP contribution >= 0.6 is 0 Å². The lowest BCUT2D eigenvalue weighted by atomic mass is 9.92. The summed E-state index contributed by atoms with van der Waals surface area (Å²) in [6, 6.07) is 14.3. The van der Waals surface area contributed by atoms with Crippen molar-refractivity contribution in [3.05, 3.63) is 59.2 Å². The van der Waals surface area contributed by atoms with Gasteiger partial charge in [0.05, 0.1) is 20.3 Å². The van der Waals surface area contributed by atoms with Crippen LogP contribution in [-0.2, 0) is 6.42 Å². The molecule has 5 heteroatoms. The first-order valence-electron chi connectivity index (χ1n) is 7.70. The fraction of sp³-hybridized carbons (Fsp3) is 0.263. The van der Waals surface area contributed by atoms with E-state index in [1.807, 2.05) is 24.3 Å². The molecule has 1 heterocycles. The summed E-state index contributed by atoms with van der Waals surface area (Å²) >= 11 is 0. The van der Waals surface area contributed by atoms with E-state index in [-0.39, 0.29) is 5.91 Å². The molecule has 0 saturated carbocycles. The Morgan fingerprint density at radius 3 is 2.46 bits per heavy atom. The fourth-order valence-electron chi connectivity index (χ4n) is 3.05. The Bertz CT molecular complexity index is 796. The second-order valence-corrected chi connectivity index (χ2v) is 5.55. The first-order valence-corrected chi connectivity index (χ1v) is 7.70. The number of carbonyl (C=O) groups excluding carboxylic acids is 1. The van der Waals surface area contributed by atoms with Crippen LogP contribution in [0.2, 0.25) is 0 Å². The van der Waals surface area contributed by atoms with E-state index in [0.29, 0.717) is 30.0 Å². The van der Waals surface area contributed by atoms with Gasteiger partial charge in [0.1, 0.15) is 6.04 Å². The molecule has 1 atom stereocenters. The van der Waals surface area contributed by atoms with Crippen LogP contribution in [0.5, 0.6) is 11.5 Å². The summed E-state index contributed by atoms with van der Waals surface area (Å²) in [6.07, 6.45) is 0.673. The van der Waals surface area contributed by atoms with E-state index in [1.165, 1.54) is 0 Å². The highest BCUT2D eigenvalue weighted by Crippen LogP contribution is 2.38. The maximum atomic E-state index is 12.8. The lowest BCUT2D eigenvalue weighted by Gasteiger charge is -2.34. The minimum absolute atomic E-state index is 0.136. The van der Waals surface area contributed by atoms with Crippen LogP contribution in [0.4, 0.5) is 0 Å². The van der Waals surface area contributed by atoms with Gasteiger partial charge in [-0.15, -0.1) is 0 Å². The average molecular weight is 322 g/mol. The number of benzene rings is 2. The topological polar surface area (TPSA) is 62.6 Å². The number of nitriles is 1. The van der Waals surface area contributed by atoms with Gasteiger partial charge in [0.25, 0.3) is 5.91 Å². The number of ether oxygens (including phenoxy) is 2. The van der Waals surface area contributed by atoms with Crippen LogP contribution in [0.1, 0.15) is 27.5 Å². The molecule has 3 rings (SSSR count). The standard InChI is InChI=1S/C19H18N2O3/c1-23-17-10-14-8-9-21(19(22)13-6-4-3-5-7-13)16(12-20)15(14)11-18(17)24-2/h3-7,10-11,16H,8-9H2,1-2H3/t16-/m1/s1. The van der Waals surface area contributed by atoms with Crippen molar-refractivity contribution in [2.75, 3.05) is 20.8 Å². The van der Waals surface area contributed by atoms with E-state index in [0.717, 1.165) is 11.1 Å². The SMILES string of the molecule is COc1cc2c(cc1OC)[C@@H](C#N)N(C(=O)c1ccccc1)CC2. The van der Waals surface area contributed by atoms with E-state index in [2.05, 4.69) is 6.07 Å².